The second kappa shape index (κ2) is 4.94. The third-order valence-electron chi connectivity index (χ3n) is 1.82. The molecule has 0 radical (unpaired) electrons. The van der Waals surface area contributed by atoms with E-state index in [0.717, 1.165) is 23.8 Å². The molecule has 1 N–H and O–H groups in total. The quantitative estimate of drug-likeness (QED) is 0.813. The van der Waals surface area contributed by atoms with Gasteiger partial charge >= 0.3 is 0 Å². The Morgan fingerprint density at radius 3 is 2.86 bits per heavy atom. The fourth-order valence-corrected chi connectivity index (χ4v) is 1.79. The van der Waals surface area contributed by atoms with Crippen LogP contribution in [0.1, 0.15) is 11.3 Å². The molecule has 1 aromatic heterocycles. The number of nitrogens with one attached hydrogen (secondary N) is 1. The van der Waals surface area contributed by atoms with Gasteiger partial charge in [-0.15, -0.1) is 0 Å². The summed E-state index contributed by atoms with van der Waals surface area (Å²) in [5, 5.41) is 13.0. The molecular formula is C9H14N4S. The summed E-state index contributed by atoms with van der Waals surface area (Å²) < 4.78 is 4.13. The lowest BCUT2D eigenvalue weighted by Gasteiger charge is -2.09. The Morgan fingerprint density at radius 1 is 1.57 bits per heavy atom. The number of rotatable bonds is 4. The van der Waals surface area contributed by atoms with Crippen LogP contribution in [0.4, 0.5) is 5.00 Å². The van der Waals surface area contributed by atoms with Crippen molar-refractivity contribution in [1.29, 1.82) is 5.26 Å². The number of anilines is 1. The Bertz CT molecular complexity index is 337. The molecule has 0 unspecified atom stereocenters. The smallest absolute Gasteiger partial charge is 0.127 e. The summed E-state index contributed by atoms with van der Waals surface area (Å²) in [7, 11) is 4.04. The summed E-state index contributed by atoms with van der Waals surface area (Å²) in [6.07, 6.45) is 0. The number of nitriles is 1. The lowest BCUT2D eigenvalue weighted by atomic mass is 10.3. The minimum absolute atomic E-state index is 0.675. The number of aromatic nitrogens is 1. The van der Waals surface area contributed by atoms with Crippen LogP contribution in [0, 0.1) is 18.3 Å². The van der Waals surface area contributed by atoms with E-state index in [1.165, 1.54) is 11.5 Å². The van der Waals surface area contributed by atoms with Gasteiger partial charge in [-0.05, 0) is 32.6 Å². The predicted octanol–water partition coefficient (Wildman–Crippen LogP) is 1.30. The van der Waals surface area contributed by atoms with E-state index in [-0.39, 0.29) is 0 Å². The highest BCUT2D eigenvalue weighted by Crippen LogP contribution is 2.22. The molecule has 14 heavy (non-hydrogen) atoms. The lowest BCUT2D eigenvalue weighted by molar-refractivity contribution is 0.425. The summed E-state index contributed by atoms with van der Waals surface area (Å²) in [4.78, 5) is 2.09. The number of hydrogen-bond acceptors (Lipinski definition) is 5. The van der Waals surface area contributed by atoms with Gasteiger partial charge in [0.25, 0.3) is 0 Å². The SMILES string of the molecule is Cc1nsc(NCCN(C)C)c1C#N. The van der Waals surface area contributed by atoms with Crippen LogP contribution in [-0.4, -0.2) is 36.5 Å². The molecule has 76 valence electrons. The summed E-state index contributed by atoms with van der Waals surface area (Å²) >= 11 is 1.35. The number of aryl methyl sites for hydroxylation is 1. The van der Waals surface area contributed by atoms with Gasteiger partial charge in [-0.2, -0.15) is 9.64 Å². The Labute approximate surface area is 88.3 Å². The highest BCUT2D eigenvalue weighted by Gasteiger charge is 2.08. The van der Waals surface area contributed by atoms with Crippen molar-refractivity contribution in [2.75, 3.05) is 32.5 Å². The Kier molecular flexibility index (Phi) is 3.86. The first-order valence-corrected chi connectivity index (χ1v) is 5.17. The monoisotopic (exact) mass is 210 g/mol. The molecule has 0 aliphatic rings. The number of hydrogen-bond donors (Lipinski definition) is 1. The molecule has 4 nitrogen and oxygen atoms in total. The van der Waals surface area contributed by atoms with Crippen molar-refractivity contribution in [3.05, 3.63) is 11.3 Å². The van der Waals surface area contributed by atoms with E-state index in [1.54, 1.807) is 0 Å². The standard InChI is InChI=1S/C9H14N4S/c1-7-8(6-10)9(14-12-7)11-4-5-13(2)3/h11H,4-5H2,1-3H3. The summed E-state index contributed by atoms with van der Waals surface area (Å²) in [5.41, 5.74) is 1.48. The fraction of sp³-hybridized carbons (Fsp3) is 0.556. The zero-order valence-electron chi connectivity index (χ0n) is 8.66. The van der Waals surface area contributed by atoms with E-state index >= 15 is 0 Å². The maximum Gasteiger partial charge on any atom is 0.127 e. The van der Waals surface area contributed by atoms with Gasteiger partial charge in [0.2, 0.25) is 0 Å². The van der Waals surface area contributed by atoms with Crippen LogP contribution in [-0.2, 0) is 0 Å². The van der Waals surface area contributed by atoms with Crippen LogP contribution in [0.3, 0.4) is 0 Å². The van der Waals surface area contributed by atoms with Crippen LogP contribution >= 0.6 is 11.5 Å². The van der Waals surface area contributed by atoms with Gasteiger partial charge in [0.1, 0.15) is 16.6 Å². The van der Waals surface area contributed by atoms with Crippen LogP contribution in [0.5, 0.6) is 0 Å². The van der Waals surface area contributed by atoms with E-state index in [1.807, 2.05) is 21.0 Å². The number of likely N-dealkylation sites (N-methyl/N-ethyl adjacent to an activating group) is 1. The average molecular weight is 210 g/mol. The summed E-state index contributed by atoms with van der Waals surface area (Å²) in [6, 6.07) is 2.15. The first kappa shape index (κ1) is 11.0. The molecular weight excluding hydrogens is 196 g/mol. The molecule has 0 aromatic carbocycles. The van der Waals surface area contributed by atoms with Gasteiger partial charge in [0, 0.05) is 13.1 Å². The maximum atomic E-state index is 8.86. The highest BCUT2D eigenvalue weighted by molar-refractivity contribution is 7.10. The number of nitrogens with zero attached hydrogens (tertiary/aromatic N) is 3. The third-order valence-corrected chi connectivity index (χ3v) is 2.72. The molecule has 1 heterocycles. The first-order chi connectivity index (χ1) is 6.65. The molecule has 0 saturated heterocycles. The van der Waals surface area contributed by atoms with Gasteiger partial charge in [-0.3, -0.25) is 0 Å². The molecule has 0 aliphatic carbocycles. The van der Waals surface area contributed by atoms with Crippen molar-refractivity contribution >= 4 is 16.5 Å². The van der Waals surface area contributed by atoms with Crippen LogP contribution < -0.4 is 5.32 Å². The van der Waals surface area contributed by atoms with Crippen molar-refractivity contribution < 1.29 is 0 Å². The summed E-state index contributed by atoms with van der Waals surface area (Å²) in [6.45, 7) is 3.64. The zero-order chi connectivity index (χ0) is 10.6. The molecule has 0 saturated carbocycles. The minimum atomic E-state index is 0.675. The van der Waals surface area contributed by atoms with E-state index in [4.69, 9.17) is 5.26 Å². The van der Waals surface area contributed by atoms with Gasteiger partial charge in [0.05, 0.1) is 5.69 Å². The molecule has 0 fully saturated rings. The predicted molar refractivity (Wildman–Crippen MR) is 58.6 cm³/mol. The van der Waals surface area contributed by atoms with Gasteiger partial charge < -0.3 is 10.2 Å². The van der Waals surface area contributed by atoms with Crippen LogP contribution in [0.15, 0.2) is 0 Å². The molecule has 1 aromatic rings. The molecule has 0 bridgehead atoms. The van der Waals surface area contributed by atoms with Crippen LogP contribution in [0.2, 0.25) is 0 Å². The molecule has 1 rings (SSSR count). The van der Waals surface area contributed by atoms with Gasteiger partial charge in [-0.1, -0.05) is 0 Å². The Morgan fingerprint density at radius 2 is 2.29 bits per heavy atom. The topological polar surface area (TPSA) is 52.0 Å². The average Bonchev–Trinajstić information content (AvgIpc) is 2.46. The Hall–Kier alpha value is -1.12. The van der Waals surface area contributed by atoms with E-state index in [0.29, 0.717) is 5.56 Å². The van der Waals surface area contributed by atoms with E-state index < -0.39 is 0 Å². The van der Waals surface area contributed by atoms with Gasteiger partial charge in [0.15, 0.2) is 0 Å². The molecule has 0 aliphatic heterocycles. The van der Waals surface area contributed by atoms with Crippen molar-refractivity contribution in [2.45, 2.75) is 6.92 Å². The van der Waals surface area contributed by atoms with Gasteiger partial charge in [-0.25, -0.2) is 0 Å². The fourth-order valence-electron chi connectivity index (χ4n) is 1.02. The maximum absolute atomic E-state index is 8.86. The molecule has 0 amide bonds. The largest absolute Gasteiger partial charge is 0.373 e. The van der Waals surface area contributed by atoms with Crippen molar-refractivity contribution in [3.8, 4) is 6.07 Å². The third kappa shape index (κ3) is 2.69. The van der Waals surface area contributed by atoms with Crippen LogP contribution in [0.25, 0.3) is 0 Å². The van der Waals surface area contributed by atoms with Crippen molar-refractivity contribution in [2.24, 2.45) is 0 Å². The summed E-state index contributed by atoms with van der Waals surface area (Å²) in [5.74, 6) is 0. The lowest BCUT2D eigenvalue weighted by Crippen LogP contribution is -2.20. The molecule has 0 spiro atoms. The second-order valence-electron chi connectivity index (χ2n) is 3.31. The zero-order valence-corrected chi connectivity index (χ0v) is 9.48. The Balaban J connectivity index is 2.55. The normalized spacial score (nSPS) is 10.2. The first-order valence-electron chi connectivity index (χ1n) is 4.40. The van der Waals surface area contributed by atoms with Crippen molar-refractivity contribution in [3.63, 3.8) is 0 Å². The van der Waals surface area contributed by atoms with E-state index in [9.17, 15) is 0 Å². The molecule has 0 atom stereocenters. The van der Waals surface area contributed by atoms with Crippen molar-refractivity contribution in [1.82, 2.24) is 9.27 Å². The minimum Gasteiger partial charge on any atom is -0.373 e. The molecule has 5 heteroatoms. The second-order valence-corrected chi connectivity index (χ2v) is 4.09. The highest BCUT2D eigenvalue weighted by atomic mass is 32.1. The van der Waals surface area contributed by atoms with E-state index in [2.05, 4.69) is 20.7 Å².